The fraction of sp³-hybridized carbons (Fsp3) is 0.417. The molecule has 0 saturated carbocycles. The first-order chi connectivity index (χ1) is 15.9. The molecule has 2 aromatic carbocycles. The topological polar surface area (TPSA) is 51.1 Å². The summed E-state index contributed by atoms with van der Waals surface area (Å²) in [6.07, 6.45) is -3.83. The third-order valence-corrected chi connectivity index (χ3v) is 5.54. The average Bonchev–Trinajstić information content (AvgIpc) is 2.73. The Hall–Kier alpha value is -2.39. The van der Waals surface area contributed by atoms with Gasteiger partial charge in [0.05, 0.1) is 21.8 Å². The number of halogens is 4. The van der Waals surface area contributed by atoms with Gasteiger partial charge in [-0.25, -0.2) is 4.79 Å². The first kappa shape index (κ1) is 26.2. The zero-order chi connectivity index (χ0) is 25.1. The van der Waals surface area contributed by atoms with E-state index in [1.807, 2.05) is 20.8 Å². The highest BCUT2D eigenvalue weighted by atomic mass is 35.5. The van der Waals surface area contributed by atoms with Gasteiger partial charge < -0.3 is 14.4 Å². The molecule has 1 saturated heterocycles. The molecule has 2 aromatic rings. The molecule has 0 aromatic heterocycles. The number of ether oxygens (including phenoxy) is 2. The van der Waals surface area contributed by atoms with E-state index in [9.17, 15) is 18.0 Å². The third-order valence-electron chi connectivity index (χ3n) is 5.13. The number of carbonyl (C=O) groups excluding carboxylic acids is 1. The zero-order valence-corrected chi connectivity index (χ0v) is 20.7. The van der Waals surface area contributed by atoms with Crippen LogP contribution in [0.25, 0.3) is 11.1 Å². The van der Waals surface area contributed by atoms with Crippen molar-refractivity contribution in [3.05, 3.63) is 47.0 Å². The Morgan fingerprint density at radius 2 is 1.76 bits per heavy atom. The van der Waals surface area contributed by atoms with Crippen LogP contribution in [-0.4, -0.2) is 41.3 Å². The van der Waals surface area contributed by atoms with Gasteiger partial charge in [-0.1, -0.05) is 23.7 Å². The minimum atomic E-state index is -4.61. The van der Waals surface area contributed by atoms with Gasteiger partial charge in [0.2, 0.25) is 0 Å². The summed E-state index contributed by atoms with van der Waals surface area (Å²) in [7, 11) is 0. The Morgan fingerprint density at radius 1 is 1.15 bits per heavy atom. The van der Waals surface area contributed by atoms with E-state index in [1.54, 1.807) is 29.2 Å². The van der Waals surface area contributed by atoms with Crippen molar-refractivity contribution in [2.24, 2.45) is 4.99 Å². The number of hydrogen-bond donors (Lipinski definition) is 1. The highest BCUT2D eigenvalue weighted by Gasteiger charge is 2.35. The molecule has 34 heavy (non-hydrogen) atoms. The van der Waals surface area contributed by atoms with Gasteiger partial charge in [-0.3, -0.25) is 4.99 Å². The molecule has 1 aliphatic rings. The molecule has 0 N–H and O–H groups in total. The summed E-state index contributed by atoms with van der Waals surface area (Å²) < 4.78 is 52.5. The highest BCUT2D eigenvalue weighted by Crippen LogP contribution is 2.43. The Kier molecular flexibility index (Phi) is 8.08. The Morgan fingerprint density at radius 3 is 2.29 bits per heavy atom. The lowest BCUT2D eigenvalue weighted by Crippen LogP contribution is -2.44. The molecule has 0 spiro atoms. The monoisotopic (exact) mass is 514 g/mol. The van der Waals surface area contributed by atoms with Crippen LogP contribution in [0.4, 0.5) is 23.7 Å². The third kappa shape index (κ3) is 6.82. The summed E-state index contributed by atoms with van der Waals surface area (Å²) in [6, 6.07) is 8.63. The molecule has 1 amide bonds. The molecule has 0 atom stereocenters. The van der Waals surface area contributed by atoms with Gasteiger partial charge in [-0.05, 0) is 50.6 Å². The van der Waals surface area contributed by atoms with Crippen LogP contribution in [0.1, 0.15) is 39.2 Å². The van der Waals surface area contributed by atoms with E-state index in [4.69, 9.17) is 21.1 Å². The number of piperidine rings is 1. The number of amides is 1. The maximum absolute atomic E-state index is 13.7. The lowest BCUT2D eigenvalue weighted by Gasteiger charge is -2.33. The molecule has 1 heterocycles. The van der Waals surface area contributed by atoms with Crippen molar-refractivity contribution in [3.63, 3.8) is 0 Å². The van der Waals surface area contributed by atoms with E-state index in [1.165, 1.54) is 6.07 Å². The minimum Gasteiger partial charge on any atom is -0.490 e. The predicted molar refractivity (Wildman–Crippen MR) is 130 cm³/mol. The molecule has 0 aliphatic carbocycles. The second-order valence-electron chi connectivity index (χ2n) is 8.90. The summed E-state index contributed by atoms with van der Waals surface area (Å²) in [5.41, 5.74) is -0.0715. The second-order valence-corrected chi connectivity index (χ2v) is 9.54. The molecule has 5 nitrogen and oxygen atoms in total. The molecule has 3 rings (SSSR count). The highest BCUT2D eigenvalue weighted by molar-refractivity contribution is 7.94. The smallest absolute Gasteiger partial charge is 0.417 e. The van der Waals surface area contributed by atoms with Crippen LogP contribution in [0.5, 0.6) is 5.75 Å². The van der Waals surface area contributed by atoms with Gasteiger partial charge in [-0.15, -0.1) is 12.6 Å². The fourth-order valence-electron chi connectivity index (χ4n) is 3.63. The number of likely N-dealkylation sites (tertiary alicyclic amines) is 1. The van der Waals surface area contributed by atoms with E-state index >= 15 is 0 Å². The molecule has 184 valence electrons. The standard InChI is InChI=1S/C24H26ClF3N2O3S/c1-23(2,3)33-22(31)30-10-8-18(9-11-30)32-17-6-4-15(5-7-17)21-19(24(26,27)28)12-16(29-14-34)13-20(21)25/h4-7,12-14,18H,8-11H2,1-3H3,(H,29,34). The van der Waals surface area contributed by atoms with Crippen LogP contribution in [0.2, 0.25) is 5.02 Å². The van der Waals surface area contributed by atoms with Crippen molar-refractivity contribution < 1.29 is 27.4 Å². The zero-order valence-electron chi connectivity index (χ0n) is 19.0. The van der Waals surface area contributed by atoms with Crippen molar-refractivity contribution in [2.75, 3.05) is 13.1 Å². The number of rotatable bonds is 4. The SMILES string of the molecule is CC(C)(C)OC(=O)N1CCC(Oc2ccc(-c3c(Cl)cc(/N=C/S)cc3C(F)(F)F)cc2)CC1. The fourth-order valence-corrected chi connectivity index (χ4v) is 4.08. The number of hydrogen-bond acceptors (Lipinski definition) is 4. The van der Waals surface area contributed by atoms with Crippen LogP contribution >= 0.6 is 24.2 Å². The molecular formula is C24H26ClF3N2O3S. The second kappa shape index (κ2) is 10.5. The predicted octanol–water partition coefficient (Wildman–Crippen LogP) is 7.39. The van der Waals surface area contributed by atoms with Gasteiger partial charge in [0, 0.05) is 31.5 Å². The average molecular weight is 515 g/mol. The van der Waals surface area contributed by atoms with Gasteiger partial charge in [0.1, 0.15) is 17.5 Å². The molecule has 0 unspecified atom stereocenters. The summed E-state index contributed by atoms with van der Waals surface area (Å²) in [5, 5.41) is -0.0630. The number of thiol groups is 1. The van der Waals surface area contributed by atoms with Crippen LogP contribution in [-0.2, 0) is 10.9 Å². The molecule has 1 aliphatic heterocycles. The normalized spacial score (nSPS) is 15.6. The minimum absolute atomic E-state index is 0.0630. The van der Waals surface area contributed by atoms with E-state index in [0.29, 0.717) is 37.2 Å². The molecule has 0 radical (unpaired) electrons. The summed E-state index contributed by atoms with van der Waals surface area (Å²) in [4.78, 5) is 17.6. The van der Waals surface area contributed by atoms with E-state index in [0.717, 1.165) is 11.6 Å². The van der Waals surface area contributed by atoms with Crippen molar-refractivity contribution in [2.45, 2.75) is 51.5 Å². The molecule has 1 fully saturated rings. The first-order valence-corrected chi connectivity index (χ1v) is 11.6. The van der Waals surface area contributed by atoms with Gasteiger partial charge in [-0.2, -0.15) is 13.2 Å². The van der Waals surface area contributed by atoms with Crippen molar-refractivity contribution in [3.8, 4) is 16.9 Å². The summed E-state index contributed by atoms with van der Waals surface area (Å²) in [5.74, 6) is 0.528. The Bertz CT molecular complexity index is 1050. The lowest BCUT2D eigenvalue weighted by molar-refractivity contribution is -0.137. The van der Waals surface area contributed by atoms with Crippen LogP contribution in [0.3, 0.4) is 0 Å². The summed E-state index contributed by atoms with van der Waals surface area (Å²) in [6.45, 7) is 6.46. The van der Waals surface area contributed by atoms with Gasteiger partial charge >= 0.3 is 12.3 Å². The van der Waals surface area contributed by atoms with Crippen molar-refractivity contribution in [1.29, 1.82) is 0 Å². The first-order valence-electron chi connectivity index (χ1n) is 10.7. The largest absolute Gasteiger partial charge is 0.490 e. The summed E-state index contributed by atoms with van der Waals surface area (Å²) >= 11 is 10.0. The van der Waals surface area contributed by atoms with Crippen LogP contribution in [0.15, 0.2) is 41.4 Å². The number of carbonyl (C=O) groups is 1. The number of benzene rings is 2. The maximum atomic E-state index is 13.7. The molecule has 10 heteroatoms. The van der Waals surface area contributed by atoms with Crippen molar-refractivity contribution >= 4 is 41.6 Å². The van der Waals surface area contributed by atoms with E-state index in [2.05, 4.69) is 17.6 Å². The van der Waals surface area contributed by atoms with Gasteiger partial charge in [0.15, 0.2) is 0 Å². The number of alkyl halides is 3. The quantitative estimate of drug-likeness (QED) is 0.263. The van der Waals surface area contributed by atoms with E-state index in [-0.39, 0.29) is 28.5 Å². The van der Waals surface area contributed by atoms with Gasteiger partial charge in [0.25, 0.3) is 0 Å². The Balaban J connectivity index is 1.70. The Labute approximate surface area is 207 Å². The maximum Gasteiger partial charge on any atom is 0.417 e. The number of nitrogens with zero attached hydrogens (tertiary/aromatic N) is 2. The molecule has 0 bridgehead atoms. The molecular weight excluding hydrogens is 489 g/mol. The lowest BCUT2D eigenvalue weighted by atomic mass is 9.98. The van der Waals surface area contributed by atoms with Crippen molar-refractivity contribution in [1.82, 2.24) is 4.90 Å². The van der Waals surface area contributed by atoms with E-state index < -0.39 is 17.3 Å². The van der Waals surface area contributed by atoms with Crippen LogP contribution in [0, 0.1) is 0 Å². The number of aliphatic imine (C=N–C) groups is 1. The van der Waals surface area contributed by atoms with Crippen LogP contribution < -0.4 is 4.74 Å².